The second kappa shape index (κ2) is 10.3. The molecule has 0 saturated heterocycles. The standard InChI is InChI=1S/C26H32N2O3/c1-4-5-6-7-10-22-18-27(19(2)3)26(31)28(22)17-20-13-15-21(16-14-20)23-11-8-9-12-24(23)25(29)30/h8-9,11-16,18-19H,4-7,10,17H2,1-3H3,(H,29,30). The highest BCUT2D eigenvalue weighted by Gasteiger charge is 2.14. The van der Waals surface area contributed by atoms with Crippen molar-refractivity contribution in [1.82, 2.24) is 9.13 Å². The fraction of sp³-hybridized carbons (Fsp3) is 0.385. The molecule has 0 unspecified atom stereocenters. The van der Waals surface area contributed by atoms with E-state index in [4.69, 9.17) is 0 Å². The lowest BCUT2D eigenvalue weighted by Crippen LogP contribution is -2.26. The highest BCUT2D eigenvalue weighted by molar-refractivity contribution is 5.95. The second-order valence-electron chi connectivity index (χ2n) is 8.35. The van der Waals surface area contributed by atoms with Gasteiger partial charge in [0.2, 0.25) is 0 Å². The van der Waals surface area contributed by atoms with E-state index in [1.165, 1.54) is 19.3 Å². The van der Waals surface area contributed by atoms with Gasteiger partial charge < -0.3 is 5.11 Å². The summed E-state index contributed by atoms with van der Waals surface area (Å²) in [7, 11) is 0. The molecule has 2 aromatic carbocycles. The number of hydrogen-bond acceptors (Lipinski definition) is 2. The average molecular weight is 421 g/mol. The van der Waals surface area contributed by atoms with Gasteiger partial charge in [-0.25, -0.2) is 9.59 Å². The molecule has 0 aliphatic carbocycles. The molecular weight excluding hydrogens is 388 g/mol. The predicted octanol–water partition coefficient (Wildman–Crippen LogP) is 5.77. The smallest absolute Gasteiger partial charge is 0.336 e. The van der Waals surface area contributed by atoms with Gasteiger partial charge in [0.1, 0.15) is 0 Å². The lowest BCUT2D eigenvalue weighted by Gasteiger charge is -2.10. The van der Waals surface area contributed by atoms with Gasteiger partial charge in [-0.05, 0) is 49.4 Å². The van der Waals surface area contributed by atoms with Crippen LogP contribution in [0.1, 0.15) is 74.1 Å². The zero-order chi connectivity index (χ0) is 22.4. The Hall–Kier alpha value is -3.08. The van der Waals surface area contributed by atoms with Crippen molar-refractivity contribution in [2.75, 3.05) is 0 Å². The van der Waals surface area contributed by atoms with Crippen molar-refractivity contribution >= 4 is 5.97 Å². The highest BCUT2D eigenvalue weighted by atomic mass is 16.4. The molecule has 0 fully saturated rings. The quantitative estimate of drug-likeness (QED) is 0.424. The Balaban J connectivity index is 1.85. The number of benzene rings is 2. The van der Waals surface area contributed by atoms with Crippen molar-refractivity contribution in [2.24, 2.45) is 0 Å². The number of carbonyl (C=O) groups is 1. The van der Waals surface area contributed by atoms with Crippen LogP contribution in [0.15, 0.2) is 59.5 Å². The van der Waals surface area contributed by atoms with Gasteiger partial charge in [0.15, 0.2) is 0 Å². The average Bonchev–Trinajstić information content (AvgIpc) is 3.07. The number of aryl methyl sites for hydroxylation is 1. The number of carboxylic acids is 1. The Kier molecular flexibility index (Phi) is 7.50. The third kappa shape index (κ3) is 5.35. The maximum absolute atomic E-state index is 13.0. The molecule has 1 heterocycles. The maximum atomic E-state index is 13.0. The minimum Gasteiger partial charge on any atom is -0.478 e. The van der Waals surface area contributed by atoms with Crippen LogP contribution in [0.5, 0.6) is 0 Å². The molecule has 0 bridgehead atoms. The molecule has 0 atom stereocenters. The largest absolute Gasteiger partial charge is 0.478 e. The summed E-state index contributed by atoms with van der Waals surface area (Å²) in [6, 6.07) is 15.0. The minimum absolute atomic E-state index is 0.0285. The maximum Gasteiger partial charge on any atom is 0.336 e. The van der Waals surface area contributed by atoms with Crippen molar-refractivity contribution in [2.45, 2.75) is 65.5 Å². The fourth-order valence-corrected chi connectivity index (χ4v) is 3.91. The Morgan fingerprint density at radius 2 is 1.71 bits per heavy atom. The number of carboxylic acid groups (broad SMARTS) is 1. The molecule has 5 nitrogen and oxygen atoms in total. The van der Waals surface area contributed by atoms with Gasteiger partial charge >= 0.3 is 11.7 Å². The van der Waals surface area contributed by atoms with E-state index in [1.807, 2.05) is 65.6 Å². The van der Waals surface area contributed by atoms with Gasteiger partial charge in [0.25, 0.3) is 0 Å². The minimum atomic E-state index is -0.936. The zero-order valence-corrected chi connectivity index (χ0v) is 18.7. The summed E-state index contributed by atoms with van der Waals surface area (Å²) in [4.78, 5) is 24.5. The highest BCUT2D eigenvalue weighted by Crippen LogP contribution is 2.24. The first-order chi connectivity index (χ1) is 14.9. The first kappa shape index (κ1) is 22.6. The number of aromatic carboxylic acids is 1. The van der Waals surface area contributed by atoms with E-state index in [2.05, 4.69) is 6.92 Å². The summed E-state index contributed by atoms with van der Waals surface area (Å²) in [6.07, 6.45) is 7.58. The van der Waals surface area contributed by atoms with Crippen molar-refractivity contribution in [1.29, 1.82) is 0 Å². The van der Waals surface area contributed by atoms with Crippen LogP contribution in [0.3, 0.4) is 0 Å². The summed E-state index contributed by atoms with van der Waals surface area (Å²) >= 11 is 0. The Bertz CT molecular complexity index is 1070. The molecule has 0 aliphatic rings. The van der Waals surface area contributed by atoms with Gasteiger partial charge in [-0.3, -0.25) is 9.13 Å². The van der Waals surface area contributed by atoms with Gasteiger partial charge in [-0.15, -0.1) is 0 Å². The van der Waals surface area contributed by atoms with E-state index in [1.54, 1.807) is 12.1 Å². The molecule has 3 aromatic rings. The van der Waals surface area contributed by atoms with Crippen LogP contribution in [-0.2, 0) is 13.0 Å². The molecular formula is C26H32N2O3. The number of hydrogen-bond donors (Lipinski definition) is 1. The Morgan fingerprint density at radius 3 is 2.35 bits per heavy atom. The number of imidazole rings is 1. The van der Waals surface area contributed by atoms with Crippen LogP contribution in [0.4, 0.5) is 0 Å². The lowest BCUT2D eigenvalue weighted by molar-refractivity contribution is 0.0697. The summed E-state index contributed by atoms with van der Waals surface area (Å²) in [5, 5.41) is 9.45. The second-order valence-corrected chi connectivity index (χ2v) is 8.35. The molecule has 5 heteroatoms. The van der Waals surface area contributed by atoms with Crippen molar-refractivity contribution in [3.05, 3.63) is 82.0 Å². The topological polar surface area (TPSA) is 64.2 Å². The molecule has 0 amide bonds. The summed E-state index contributed by atoms with van der Waals surface area (Å²) < 4.78 is 3.69. The van der Waals surface area contributed by atoms with Crippen molar-refractivity contribution in [3.63, 3.8) is 0 Å². The number of nitrogens with zero attached hydrogens (tertiary/aromatic N) is 2. The van der Waals surface area contributed by atoms with Crippen LogP contribution < -0.4 is 5.69 Å². The van der Waals surface area contributed by atoms with E-state index in [-0.39, 0.29) is 17.3 Å². The number of aromatic nitrogens is 2. The van der Waals surface area contributed by atoms with Gasteiger partial charge in [0, 0.05) is 17.9 Å². The van der Waals surface area contributed by atoms with Crippen LogP contribution in [-0.4, -0.2) is 20.2 Å². The molecule has 3 rings (SSSR count). The van der Waals surface area contributed by atoms with E-state index in [9.17, 15) is 14.7 Å². The van der Waals surface area contributed by atoms with Crippen molar-refractivity contribution < 1.29 is 9.90 Å². The normalized spacial score (nSPS) is 11.2. The summed E-state index contributed by atoms with van der Waals surface area (Å²) in [6.45, 7) is 6.77. The van der Waals surface area contributed by atoms with Gasteiger partial charge in [-0.2, -0.15) is 0 Å². The third-order valence-electron chi connectivity index (χ3n) is 5.69. The van der Waals surface area contributed by atoms with E-state index < -0.39 is 5.97 Å². The first-order valence-corrected chi connectivity index (χ1v) is 11.1. The van der Waals surface area contributed by atoms with Crippen LogP contribution in [0.2, 0.25) is 0 Å². The SMILES string of the molecule is CCCCCCc1cn(C(C)C)c(=O)n1Cc1ccc(-c2ccccc2C(=O)O)cc1. The molecule has 0 saturated carbocycles. The third-order valence-corrected chi connectivity index (χ3v) is 5.69. The molecule has 31 heavy (non-hydrogen) atoms. The van der Waals surface area contributed by atoms with E-state index in [0.29, 0.717) is 12.1 Å². The molecule has 0 spiro atoms. The molecule has 0 aliphatic heterocycles. The fourth-order valence-electron chi connectivity index (χ4n) is 3.91. The summed E-state index contributed by atoms with van der Waals surface area (Å²) in [5.74, 6) is -0.936. The van der Waals surface area contributed by atoms with Crippen LogP contribution >= 0.6 is 0 Å². The molecule has 0 radical (unpaired) electrons. The molecule has 164 valence electrons. The Labute approximate surface area is 184 Å². The zero-order valence-electron chi connectivity index (χ0n) is 18.7. The lowest BCUT2D eigenvalue weighted by atomic mass is 9.99. The van der Waals surface area contributed by atoms with Crippen LogP contribution in [0.25, 0.3) is 11.1 Å². The van der Waals surface area contributed by atoms with Crippen LogP contribution in [0, 0.1) is 0 Å². The summed E-state index contributed by atoms with van der Waals surface area (Å²) in [5.41, 5.74) is 3.97. The van der Waals surface area contributed by atoms with Gasteiger partial charge in [0.05, 0.1) is 12.1 Å². The monoisotopic (exact) mass is 420 g/mol. The molecule has 1 aromatic heterocycles. The van der Waals surface area contributed by atoms with E-state index in [0.717, 1.165) is 29.7 Å². The Morgan fingerprint density at radius 1 is 1.00 bits per heavy atom. The van der Waals surface area contributed by atoms with Gasteiger partial charge in [-0.1, -0.05) is 68.7 Å². The number of rotatable bonds is 10. The van der Waals surface area contributed by atoms with E-state index >= 15 is 0 Å². The molecule has 1 N–H and O–H groups in total. The van der Waals surface area contributed by atoms with Crippen molar-refractivity contribution in [3.8, 4) is 11.1 Å². The number of unbranched alkanes of at least 4 members (excludes halogenated alkanes) is 3. The predicted molar refractivity (Wildman–Crippen MR) is 125 cm³/mol. The first-order valence-electron chi connectivity index (χ1n) is 11.1.